The molecule has 0 aromatic heterocycles. The Morgan fingerprint density at radius 2 is 1.80 bits per heavy atom. The van der Waals surface area contributed by atoms with Gasteiger partial charge in [0.15, 0.2) is 0 Å². The molecule has 9 heteroatoms. The number of nitrogen functional groups attached to an aromatic ring is 1. The first-order chi connectivity index (χ1) is 16.7. The lowest BCUT2D eigenvalue weighted by Crippen LogP contribution is -2.51. The van der Waals surface area contributed by atoms with E-state index >= 15 is 0 Å². The van der Waals surface area contributed by atoms with Crippen molar-refractivity contribution >= 4 is 23.5 Å². The molecule has 1 aromatic rings. The van der Waals surface area contributed by atoms with Crippen molar-refractivity contribution in [2.75, 3.05) is 32.5 Å². The second-order valence-electron chi connectivity index (χ2n) is 10.1. The monoisotopic (exact) mass is 488 g/mol. The highest BCUT2D eigenvalue weighted by Gasteiger charge is 2.33. The van der Waals surface area contributed by atoms with E-state index in [1.165, 1.54) is 7.11 Å². The molecule has 1 saturated carbocycles. The standard InChI is InChI=1S/C26H40N4O5/c1-26(2,25(33)35-20-7-4-5-8-20)29-23(31)9-6-14-30-15-12-19(13-16-30)28-24(32)18-10-11-21(27)22(17-18)34-3/h10-11,17,19-20H,4-9,12-16,27H2,1-3H3,(H,28,32)(H,29,31). The number of benzene rings is 1. The van der Waals surface area contributed by atoms with Crippen LogP contribution in [0.15, 0.2) is 18.2 Å². The van der Waals surface area contributed by atoms with E-state index in [-0.39, 0.29) is 29.9 Å². The second-order valence-corrected chi connectivity index (χ2v) is 10.1. The van der Waals surface area contributed by atoms with E-state index in [0.717, 1.165) is 58.2 Å². The molecule has 194 valence electrons. The quantitative estimate of drug-likeness (QED) is 0.342. The maximum absolute atomic E-state index is 12.6. The fourth-order valence-corrected chi connectivity index (χ4v) is 4.65. The maximum atomic E-state index is 12.6. The summed E-state index contributed by atoms with van der Waals surface area (Å²) in [6, 6.07) is 5.13. The zero-order chi connectivity index (χ0) is 25.4. The SMILES string of the molecule is COc1cc(C(=O)NC2CCN(CCCC(=O)NC(C)(C)C(=O)OC3CCCC3)CC2)ccc1N. The molecule has 0 atom stereocenters. The van der Waals surface area contributed by atoms with Crippen LogP contribution in [0.5, 0.6) is 5.75 Å². The highest BCUT2D eigenvalue weighted by Crippen LogP contribution is 2.23. The first-order valence-electron chi connectivity index (χ1n) is 12.7. The van der Waals surface area contributed by atoms with E-state index in [2.05, 4.69) is 15.5 Å². The summed E-state index contributed by atoms with van der Waals surface area (Å²) < 4.78 is 10.8. The van der Waals surface area contributed by atoms with E-state index in [0.29, 0.717) is 29.8 Å². The first kappa shape index (κ1) is 26.8. The third kappa shape index (κ3) is 7.85. The summed E-state index contributed by atoms with van der Waals surface area (Å²) in [5, 5.41) is 5.92. The fraction of sp³-hybridized carbons (Fsp3) is 0.654. The molecule has 35 heavy (non-hydrogen) atoms. The summed E-state index contributed by atoms with van der Waals surface area (Å²) in [6.07, 6.45) is 6.75. The molecular weight excluding hydrogens is 448 g/mol. The number of carbonyl (C=O) groups excluding carboxylic acids is 3. The molecule has 0 unspecified atom stereocenters. The van der Waals surface area contributed by atoms with E-state index in [1.54, 1.807) is 32.0 Å². The van der Waals surface area contributed by atoms with Crippen LogP contribution in [-0.2, 0) is 14.3 Å². The topological polar surface area (TPSA) is 123 Å². The van der Waals surface area contributed by atoms with Crippen molar-refractivity contribution < 1.29 is 23.9 Å². The minimum Gasteiger partial charge on any atom is -0.495 e. The van der Waals surface area contributed by atoms with Crippen LogP contribution < -0.4 is 21.1 Å². The number of nitrogens with zero attached hydrogens (tertiary/aromatic N) is 1. The van der Waals surface area contributed by atoms with Crippen molar-refractivity contribution in [2.45, 2.75) is 82.9 Å². The summed E-state index contributed by atoms with van der Waals surface area (Å²) in [4.78, 5) is 39.7. The lowest BCUT2D eigenvalue weighted by molar-refractivity contribution is -0.157. The number of amides is 2. The molecule has 9 nitrogen and oxygen atoms in total. The molecule has 2 aliphatic rings. The molecule has 1 aromatic carbocycles. The number of esters is 1. The van der Waals surface area contributed by atoms with Gasteiger partial charge in [0.05, 0.1) is 12.8 Å². The number of hydrogen-bond donors (Lipinski definition) is 3. The molecule has 0 bridgehead atoms. The number of ether oxygens (including phenoxy) is 2. The van der Waals surface area contributed by atoms with Gasteiger partial charge in [0, 0.05) is 31.1 Å². The molecule has 3 rings (SSSR count). The Labute approximate surface area is 208 Å². The summed E-state index contributed by atoms with van der Waals surface area (Å²) in [5.74, 6) is -0.142. The molecular formula is C26H40N4O5. The third-order valence-electron chi connectivity index (χ3n) is 6.83. The van der Waals surface area contributed by atoms with Crippen molar-refractivity contribution in [3.8, 4) is 5.75 Å². The zero-order valence-electron chi connectivity index (χ0n) is 21.2. The molecule has 1 aliphatic heterocycles. The van der Waals surface area contributed by atoms with Gasteiger partial charge in [-0.05, 0) is 83.5 Å². The van der Waals surface area contributed by atoms with Gasteiger partial charge in [0.25, 0.3) is 5.91 Å². The normalized spacial score (nSPS) is 17.7. The first-order valence-corrected chi connectivity index (χ1v) is 12.7. The Kier molecular flexibility index (Phi) is 9.37. The highest BCUT2D eigenvalue weighted by atomic mass is 16.5. The molecule has 2 fully saturated rings. The lowest BCUT2D eigenvalue weighted by Gasteiger charge is -2.32. The number of likely N-dealkylation sites (tertiary alicyclic amines) is 1. The average molecular weight is 489 g/mol. The maximum Gasteiger partial charge on any atom is 0.331 e. The van der Waals surface area contributed by atoms with Crippen molar-refractivity contribution in [2.24, 2.45) is 0 Å². The Bertz CT molecular complexity index is 890. The van der Waals surface area contributed by atoms with Crippen LogP contribution in [0.1, 0.15) is 75.6 Å². The van der Waals surface area contributed by atoms with Gasteiger partial charge in [-0.3, -0.25) is 9.59 Å². The zero-order valence-corrected chi connectivity index (χ0v) is 21.2. The highest BCUT2D eigenvalue weighted by molar-refractivity contribution is 5.95. The smallest absolute Gasteiger partial charge is 0.331 e. The van der Waals surface area contributed by atoms with Crippen molar-refractivity contribution in [1.29, 1.82) is 0 Å². The number of anilines is 1. The summed E-state index contributed by atoms with van der Waals surface area (Å²) in [6.45, 7) is 5.91. The van der Waals surface area contributed by atoms with Crippen LogP contribution in [0.2, 0.25) is 0 Å². The van der Waals surface area contributed by atoms with Crippen LogP contribution >= 0.6 is 0 Å². The van der Waals surface area contributed by atoms with Gasteiger partial charge in [-0.25, -0.2) is 4.79 Å². The largest absolute Gasteiger partial charge is 0.495 e. The molecule has 0 radical (unpaired) electrons. The van der Waals surface area contributed by atoms with Gasteiger partial charge in [-0.1, -0.05) is 0 Å². The summed E-state index contributed by atoms with van der Waals surface area (Å²) in [7, 11) is 1.53. The minimum absolute atomic E-state index is 0.0132. The predicted molar refractivity (Wildman–Crippen MR) is 134 cm³/mol. The Balaban J connectivity index is 1.33. The Morgan fingerprint density at radius 1 is 1.11 bits per heavy atom. The molecule has 0 spiro atoms. The van der Waals surface area contributed by atoms with Crippen molar-refractivity contribution in [3.63, 3.8) is 0 Å². The van der Waals surface area contributed by atoms with Gasteiger partial charge in [0.2, 0.25) is 5.91 Å². The molecule has 2 amide bonds. The number of piperidine rings is 1. The predicted octanol–water partition coefficient (Wildman–Crippen LogP) is 2.63. The fourth-order valence-electron chi connectivity index (χ4n) is 4.65. The van der Waals surface area contributed by atoms with Gasteiger partial charge in [0.1, 0.15) is 17.4 Å². The summed E-state index contributed by atoms with van der Waals surface area (Å²) >= 11 is 0. The van der Waals surface area contributed by atoms with Gasteiger partial charge in [-0.15, -0.1) is 0 Å². The van der Waals surface area contributed by atoms with Crippen molar-refractivity contribution in [1.82, 2.24) is 15.5 Å². The number of rotatable bonds is 10. The minimum atomic E-state index is -1.02. The Hall–Kier alpha value is -2.81. The van der Waals surface area contributed by atoms with Crippen LogP contribution in [0.4, 0.5) is 5.69 Å². The number of nitrogens with two attached hydrogens (primary N) is 1. The van der Waals surface area contributed by atoms with Gasteiger partial charge < -0.3 is 30.7 Å². The van der Waals surface area contributed by atoms with Crippen LogP contribution in [0, 0.1) is 0 Å². The van der Waals surface area contributed by atoms with E-state index in [1.807, 2.05) is 0 Å². The van der Waals surface area contributed by atoms with Crippen LogP contribution in [0.3, 0.4) is 0 Å². The van der Waals surface area contributed by atoms with E-state index < -0.39 is 5.54 Å². The molecule has 1 saturated heterocycles. The van der Waals surface area contributed by atoms with Gasteiger partial charge >= 0.3 is 5.97 Å². The van der Waals surface area contributed by atoms with Crippen LogP contribution in [-0.4, -0.2) is 67.1 Å². The third-order valence-corrected chi connectivity index (χ3v) is 6.83. The number of hydrogen-bond acceptors (Lipinski definition) is 7. The average Bonchev–Trinajstić information content (AvgIpc) is 3.33. The van der Waals surface area contributed by atoms with E-state index in [4.69, 9.17) is 15.2 Å². The number of carbonyl (C=O) groups is 3. The number of methoxy groups -OCH3 is 1. The molecule has 1 aliphatic carbocycles. The van der Waals surface area contributed by atoms with Gasteiger partial charge in [-0.2, -0.15) is 0 Å². The van der Waals surface area contributed by atoms with Crippen molar-refractivity contribution in [3.05, 3.63) is 23.8 Å². The number of nitrogens with one attached hydrogen (secondary N) is 2. The second kappa shape index (κ2) is 12.2. The lowest BCUT2D eigenvalue weighted by atomic mass is 10.0. The van der Waals surface area contributed by atoms with E-state index in [9.17, 15) is 14.4 Å². The Morgan fingerprint density at radius 3 is 2.46 bits per heavy atom. The summed E-state index contributed by atoms with van der Waals surface area (Å²) in [5.41, 5.74) is 5.83. The molecule has 1 heterocycles. The molecule has 4 N–H and O–H groups in total. The van der Waals surface area contributed by atoms with Crippen LogP contribution in [0.25, 0.3) is 0 Å².